The number of benzene rings is 1. The first-order valence-corrected chi connectivity index (χ1v) is 8.05. The molecule has 2 heterocycles. The number of sulfone groups is 1. The standard InChI is InChI=1S/C15H13FN2O2S/c16-10-12-4-6-13(7-5-12)11-21(19,20)15-3-1-2-14-8-9-17-18(14)15/h1-9H,10-11H2. The molecule has 1 aromatic carbocycles. The zero-order valence-electron chi connectivity index (χ0n) is 11.1. The van der Waals surface area contributed by atoms with Crippen LogP contribution in [0.2, 0.25) is 0 Å². The third-order valence-electron chi connectivity index (χ3n) is 3.24. The van der Waals surface area contributed by atoms with Crippen molar-refractivity contribution in [3.05, 3.63) is 65.9 Å². The highest BCUT2D eigenvalue weighted by Gasteiger charge is 2.19. The fourth-order valence-corrected chi connectivity index (χ4v) is 3.66. The van der Waals surface area contributed by atoms with E-state index in [0.717, 1.165) is 5.52 Å². The number of alkyl halides is 1. The third-order valence-corrected chi connectivity index (χ3v) is 4.90. The Morgan fingerprint density at radius 3 is 2.43 bits per heavy atom. The first kappa shape index (κ1) is 13.8. The summed E-state index contributed by atoms with van der Waals surface area (Å²) in [7, 11) is -3.52. The van der Waals surface area contributed by atoms with Gasteiger partial charge < -0.3 is 0 Å². The SMILES string of the molecule is O=S(=O)(Cc1ccc(CF)cc1)c1cccc2ccnn12. The molecular weight excluding hydrogens is 291 g/mol. The Kier molecular flexibility index (Phi) is 3.47. The number of hydrogen-bond acceptors (Lipinski definition) is 3. The van der Waals surface area contributed by atoms with Crippen molar-refractivity contribution >= 4 is 15.4 Å². The highest BCUT2D eigenvalue weighted by molar-refractivity contribution is 7.90. The molecule has 0 atom stereocenters. The quantitative estimate of drug-likeness (QED) is 0.745. The van der Waals surface area contributed by atoms with Gasteiger partial charge in [0.1, 0.15) is 6.67 Å². The summed E-state index contributed by atoms with van der Waals surface area (Å²) >= 11 is 0. The summed E-state index contributed by atoms with van der Waals surface area (Å²) in [5.41, 5.74) is 1.88. The maximum absolute atomic E-state index is 12.5. The van der Waals surface area contributed by atoms with Crippen molar-refractivity contribution in [3.8, 4) is 0 Å². The monoisotopic (exact) mass is 304 g/mol. The first-order chi connectivity index (χ1) is 10.1. The maximum Gasteiger partial charge on any atom is 0.199 e. The zero-order valence-corrected chi connectivity index (χ0v) is 11.9. The van der Waals surface area contributed by atoms with Gasteiger partial charge in [-0.15, -0.1) is 0 Å². The normalized spacial score (nSPS) is 11.9. The van der Waals surface area contributed by atoms with Gasteiger partial charge in [-0.2, -0.15) is 5.10 Å². The lowest BCUT2D eigenvalue weighted by molar-refractivity contribution is 0.485. The highest BCUT2D eigenvalue weighted by atomic mass is 32.2. The minimum absolute atomic E-state index is 0.140. The zero-order chi connectivity index (χ0) is 14.9. The summed E-state index contributed by atoms with van der Waals surface area (Å²) < 4.78 is 38.9. The molecule has 21 heavy (non-hydrogen) atoms. The lowest BCUT2D eigenvalue weighted by Gasteiger charge is -2.07. The summed E-state index contributed by atoms with van der Waals surface area (Å²) in [6, 6.07) is 13.2. The van der Waals surface area contributed by atoms with Crippen LogP contribution < -0.4 is 0 Å². The van der Waals surface area contributed by atoms with E-state index in [1.807, 2.05) is 0 Å². The lowest BCUT2D eigenvalue weighted by Crippen LogP contribution is -2.10. The van der Waals surface area contributed by atoms with E-state index in [1.54, 1.807) is 48.7 Å². The Morgan fingerprint density at radius 2 is 1.71 bits per heavy atom. The largest absolute Gasteiger partial charge is 0.246 e. The number of aromatic nitrogens is 2. The Morgan fingerprint density at radius 1 is 1.00 bits per heavy atom. The second-order valence-corrected chi connectivity index (χ2v) is 6.68. The molecular formula is C15H13FN2O2S. The van der Waals surface area contributed by atoms with E-state index in [1.165, 1.54) is 10.6 Å². The van der Waals surface area contributed by atoms with Crippen molar-refractivity contribution in [1.29, 1.82) is 0 Å². The number of hydrogen-bond donors (Lipinski definition) is 0. The summed E-state index contributed by atoms with van der Waals surface area (Å²) in [4.78, 5) is 0. The van der Waals surface area contributed by atoms with E-state index >= 15 is 0 Å². The fourth-order valence-electron chi connectivity index (χ4n) is 2.18. The number of nitrogens with zero attached hydrogens (tertiary/aromatic N) is 2. The van der Waals surface area contributed by atoms with Gasteiger partial charge in [-0.1, -0.05) is 30.3 Å². The smallest absolute Gasteiger partial charge is 0.199 e. The van der Waals surface area contributed by atoms with Crippen LogP contribution in [0, 0.1) is 0 Å². The van der Waals surface area contributed by atoms with Crippen molar-refractivity contribution in [2.24, 2.45) is 0 Å². The second kappa shape index (κ2) is 5.29. The molecule has 0 saturated heterocycles. The molecule has 3 rings (SSSR count). The van der Waals surface area contributed by atoms with E-state index in [-0.39, 0.29) is 10.8 Å². The van der Waals surface area contributed by atoms with Crippen LogP contribution in [0.5, 0.6) is 0 Å². The number of rotatable bonds is 4. The van der Waals surface area contributed by atoms with Gasteiger partial charge in [-0.05, 0) is 29.3 Å². The van der Waals surface area contributed by atoms with Gasteiger partial charge in [0.2, 0.25) is 0 Å². The molecule has 0 amide bonds. The molecule has 4 nitrogen and oxygen atoms in total. The van der Waals surface area contributed by atoms with Crippen LogP contribution in [0.25, 0.3) is 5.52 Å². The van der Waals surface area contributed by atoms with Gasteiger partial charge in [0.05, 0.1) is 17.5 Å². The molecule has 0 aliphatic carbocycles. The number of pyridine rings is 1. The molecule has 0 aliphatic rings. The van der Waals surface area contributed by atoms with E-state index in [2.05, 4.69) is 5.10 Å². The molecule has 0 bridgehead atoms. The minimum Gasteiger partial charge on any atom is -0.246 e. The van der Waals surface area contributed by atoms with Gasteiger partial charge in [-0.3, -0.25) is 0 Å². The Labute approximate surface area is 121 Å². The van der Waals surface area contributed by atoms with Crippen LogP contribution in [-0.4, -0.2) is 18.0 Å². The van der Waals surface area contributed by atoms with E-state index in [9.17, 15) is 12.8 Å². The molecule has 0 radical (unpaired) electrons. The van der Waals surface area contributed by atoms with Crippen LogP contribution in [0.4, 0.5) is 4.39 Å². The summed E-state index contributed by atoms with van der Waals surface area (Å²) in [6.07, 6.45) is 1.56. The molecule has 0 saturated carbocycles. The molecule has 6 heteroatoms. The van der Waals surface area contributed by atoms with Gasteiger partial charge in [0, 0.05) is 0 Å². The van der Waals surface area contributed by atoms with Gasteiger partial charge in [-0.25, -0.2) is 17.3 Å². The molecule has 0 unspecified atom stereocenters. The number of halogens is 1. The van der Waals surface area contributed by atoms with Crippen LogP contribution in [0.15, 0.2) is 59.8 Å². The van der Waals surface area contributed by atoms with Crippen LogP contribution >= 0.6 is 0 Å². The van der Waals surface area contributed by atoms with Crippen molar-refractivity contribution < 1.29 is 12.8 Å². The predicted octanol–water partition coefficient (Wildman–Crippen LogP) is 2.78. The molecule has 0 spiro atoms. The third kappa shape index (κ3) is 2.67. The molecule has 108 valence electrons. The summed E-state index contributed by atoms with van der Waals surface area (Å²) in [5, 5.41) is 4.19. The van der Waals surface area contributed by atoms with E-state index in [4.69, 9.17) is 0 Å². The lowest BCUT2D eigenvalue weighted by atomic mass is 10.2. The van der Waals surface area contributed by atoms with Crippen LogP contribution in [0.3, 0.4) is 0 Å². The average molecular weight is 304 g/mol. The van der Waals surface area contributed by atoms with E-state index in [0.29, 0.717) is 11.1 Å². The maximum atomic E-state index is 12.5. The Balaban J connectivity index is 1.98. The van der Waals surface area contributed by atoms with Crippen molar-refractivity contribution in [1.82, 2.24) is 9.61 Å². The molecule has 2 aromatic heterocycles. The van der Waals surface area contributed by atoms with Crippen molar-refractivity contribution in [3.63, 3.8) is 0 Å². The fraction of sp³-hybridized carbons (Fsp3) is 0.133. The first-order valence-electron chi connectivity index (χ1n) is 6.39. The molecule has 0 aliphatic heterocycles. The topological polar surface area (TPSA) is 51.4 Å². The van der Waals surface area contributed by atoms with E-state index < -0.39 is 16.5 Å². The Bertz CT molecular complexity index is 870. The molecule has 0 fully saturated rings. The van der Waals surface area contributed by atoms with Gasteiger partial charge in [0.15, 0.2) is 14.9 Å². The second-order valence-electron chi connectivity index (χ2n) is 4.74. The van der Waals surface area contributed by atoms with Crippen molar-refractivity contribution in [2.75, 3.05) is 0 Å². The molecule has 3 aromatic rings. The summed E-state index contributed by atoms with van der Waals surface area (Å²) in [5.74, 6) is -0.140. The van der Waals surface area contributed by atoms with Crippen molar-refractivity contribution in [2.45, 2.75) is 17.5 Å². The number of fused-ring (bicyclic) bond motifs is 1. The van der Waals surface area contributed by atoms with Gasteiger partial charge in [0.25, 0.3) is 0 Å². The summed E-state index contributed by atoms with van der Waals surface area (Å²) in [6.45, 7) is -0.556. The Hall–Kier alpha value is -2.21. The average Bonchev–Trinajstić information content (AvgIpc) is 2.95. The minimum atomic E-state index is -3.52. The van der Waals surface area contributed by atoms with Crippen LogP contribution in [-0.2, 0) is 22.3 Å². The van der Waals surface area contributed by atoms with Crippen LogP contribution in [0.1, 0.15) is 11.1 Å². The van der Waals surface area contributed by atoms with Gasteiger partial charge >= 0.3 is 0 Å². The highest BCUT2D eigenvalue weighted by Crippen LogP contribution is 2.18. The molecule has 0 N–H and O–H groups in total. The predicted molar refractivity (Wildman–Crippen MR) is 77.3 cm³/mol.